The summed E-state index contributed by atoms with van der Waals surface area (Å²) in [5.41, 5.74) is 3.75. The van der Waals surface area contributed by atoms with E-state index in [1.165, 1.54) is 12.5 Å². The molecular formula is C23H26N2O4S. The Kier molecular flexibility index (Phi) is 6.41. The summed E-state index contributed by atoms with van der Waals surface area (Å²) >= 11 is 0. The van der Waals surface area contributed by atoms with E-state index in [2.05, 4.69) is 12.2 Å². The second-order valence-electron chi connectivity index (χ2n) is 7.27. The maximum Gasteiger partial charge on any atom is 0.268 e. The molecule has 3 rings (SSSR count). The molecule has 0 unspecified atom stereocenters. The largest absolute Gasteiger partial charge is 0.350 e. The molecule has 0 bridgehead atoms. The molecule has 0 aromatic heterocycles. The highest BCUT2D eigenvalue weighted by Crippen LogP contribution is 2.35. The Hall–Kier alpha value is -2.93. The zero-order valence-corrected chi connectivity index (χ0v) is 18.3. The third kappa shape index (κ3) is 4.31. The number of aryl methyl sites for hydroxylation is 2. The van der Waals surface area contributed by atoms with E-state index < -0.39 is 28.4 Å². The second kappa shape index (κ2) is 8.83. The van der Waals surface area contributed by atoms with Crippen molar-refractivity contribution in [3.05, 3.63) is 76.4 Å². The van der Waals surface area contributed by atoms with Crippen molar-refractivity contribution in [2.45, 2.75) is 40.2 Å². The summed E-state index contributed by atoms with van der Waals surface area (Å²) in [6.45, 7) is 5.28. The van der Waals surface area contributed by atoms with E-state index in [9.17, 15) is 18.0 Å². The molecule has 0 saturated heterocycles. The first-order valence-corrected chi connectivity index (χ1v) is 11.4. The third-order valence-corrected chi connectivity index (χ3v) is 7.20. The van der Waals surface area contributed by atoms with Crippen LogP contribution >= 0.6 is 0 Å². The normalized spacial score (nSPS) is 15.6. The van der Waals surface area contributed by atoms with Crippen LogP contribution in [0.15, 0.2) is 54.1 Å². The quantitative estimate of drug-likeness (QED) is 0.738. The topological polar surface area (TPSA) is 83.6 Å². The minimum Gasteiger partial charge on any atom is -0.350 e. The average molecular weight is 427 g/mol. The summed E-state index contributed by atoms with van der Waals surface area (Å²) in [5, 5.41) is 2.69. The Morgan fingerprint density at radius 1 is 0.900 bits per heavy atom. The molecule has 2 amide bonds. The van der Waals surface area contributed by atoms with Crippen LogP contribution in [0.25, 0.3) is 4.91 Å². The average Bonchev–Trinajstić information content (AvgIpc) is 2.92. The number of amides is 2. The summed E-state index contributed by atoms with van der Waals surface area (Å²) in [4.78, 5) is 25.0. The maximum absolute atomic E-state index is 13.0. The van der Waals surface area contributed by atoms with Crippen LogP contribution in [0.3, 0.4) is 0 Å². The lowest BCUT2D eigenvalue weighted by Gasteiger charge is -2.16. The first-order chi connectivity index (χ1) is 14.3. The summed E-state index contributed by atoms with van der Waals surface area (Å²) < 4.78 is 26.7. The molecule has 6 nitrogen and oxygen atoms in total. The molecule has 0 saturated carbocycles. The molecule has 0 spiro atoms. The predicted octanol–water partition coefficient (Wildman–Crippen LogP) is 3.03. The fourth-order valence-electron chi connectivity index (χ4n) is 3.39. The summed E-state index contributed by atoms with van der Waals surface area (Å²) in [7, 11) is -4.08. The fraction of sp³-hybridized carbons (Fsp3) is 0.304. The van der Waals surface area contributed by atoms with Crippen molar-refractivity contribution in [3.8, 4) is 0 Å². The lowest BCUT2D eigenvalue weighted by molar-refractivity contribution is -0.128. The number of hydrogen-bond donors (Lipinski definition) is 1. The molecule has 0 radical (unpaired) electrons. The minimum absolute atomic E-state index is 0.0295. The Bertz CT molecular complexity index is 1090. The third-order valence-electron chi connectivity index (χ3n) is 5.27. The minimum atomic E-state index is -4.08. The van der Waals surface area contributed by atoms with Crippen LogP contribution in [0.2, 0.25) is 0 Å². The summed E-state index contributed by atoms with van der Waals surface area (Å²) in [6, 6.07) is 14.9. The van der Waals surface area contributed by atoms with Crippen molar-refractivity contribution in [2.75, 3.05) is 6.54 Å². The number of hydrogen-bond acceptors (Lipinski definition) is 4. The van der Waals surface area contributed by atoms with E-state index >= 15 is 0 Å². The van der Waals surface area contributed by atoms with E-state index in [-0.39, 0.29) is 17.0 Å². The van der Waals surface area contributed by atoms with Crippen LogP contribution in [0, 0.1) is 0 Å². The zero-order valence-electron chi connectivity index (χ0n) is 17.4. The van der Waals surface area contributed by atoms with Gasteiger partial charge in [-0.1, -0.05) is 62.4 Å². The monoisotopic (exact) mass is 426 g/mol. The number of benzene rings is 2. The van der Waals surface area contributed by atoms with E-state index in [4.69, 9.17) is 0 Å². The predicted molar refractivity (Wildman–Crippen MR) is 117 cm³/mol. The van der Waals surface area contributed by atoms with Crippen LogP contribution in [-0.4, -0.2) is 31.1 Å². The van der Waals surface area contributed by atoms with Gasteiger partial charge < -0.3 is 5.32 Å². The van der Waals surface area contributed by atoms with Gasteiger partial charge in [0.05, 0.1) is 0 Å². The number of sulfonamides is 1. The van der Waals surface area contributed by atoms with E-state index in [1.807, 2.05) is 43.3 Å². The molecule has 0 fully saturated rings. The van der Waals surface area contributed by atoms with Gasteiger partial charge in [0.1, 0.15) is 11.4 Å². The molecule has 2 aromatic carbocycles. The summed E-state index contributed by atoms with van der Waals surface area (Å²) in [6.07, 6.45) is 1.76. The molecule has 2 aromatic rings. The van der Waals surface area contributed by atoms with Crippen LogP contribution in [-0.2, 0) is 39.0 Å². The highest BCUT2D eigenvalue weighted by Gasteiger charge is 2.43. The Labute approximate surface area is 177 Å². The van der Waals surface area contributed by atoms with Gasteiger partial charge in [0.15, 0.2) is 0 Å². The van der Waals surface area contributed by atoms with E-state index in [0.29, 0.717) is 9.87 Å². The van der Waals surface area contributed by atoms with Gasteiger partial charge in [-0.3, -0.25) is 9.59 Å². The first-order valence-electron chi connectivity index (χ1n) is 9.99. The lowest BCUT2D eigenvalue weighted by Crippen LogP contribution is -2.40. The SMILES string of the molecule is CCc1ccc(CNC(=O)CN2C(=O)C(C)=C(c3ccc(CC)cc3)S2(=O)=O)cc1. The van der Waals surface area contributed by atoms with Gasteiger partial charge in [-0.15, -0.1) is 0 Å². The number of rotatable bonds is 7. The smallest absolute Gasteiger partial charge is 0.268 e. The zero-order chi connectivity index (χ0) is 21.9. The van der Waals surface area contributed by atoms with Crippen molar-refractivity contribution < 1.29 is 18.0 Å². The van der Waals surface area contributed by atoms with Crippen LogP contribution in [0.4, 0.5) is 0 Å². The van der Waals surface area contributed by atoms with Gasteiger partial charge in [-0.25, -0.2) is 12.7 Å². The van der Waals surface area contributed by atoms with Gasteiger partial charge in [-0.05, 0) is 42.0 Å². The molecule has 1 N–H and O–H groups in total. The van der Waals surface area contributed by atoms with Crippen LogP contribution in [0.5, 0.6) is 0 Å². The molecule has 0 aliphatic carbocycles. The van der Waals surface area contributed by atoms with Crippen molar-refractivity contribution >= 4 is 26.7 Å². The highest BCUT2D eigenvalue weighted by molar-refractivity contribution is 7.99. The van der Waals surface area contributed by atoms with Gasteiger partial charge in [0, 0.05) is 12.1 Å². The Morgan fingerprint density at radius 3 is 1.93 bits per heavy atom. The Balaban J connectivity index is 1.72. The molecule has 0 atom stereocenters. The van der Waals surface area contributed by atoms with Crippen molar-refractivity contribution in [2.24, 2.45) is 0 Å². The number of nitrogens with one attached hydrogen (secondary N) is 1. The van der Waals surface area contributed by atoms with Gasteiger partial charge >= 0.3 is 0 Å². The summed E-state index contributed by atoms with van der Waals surface area (Å²) in [5.74, 6) is -1.19. The molecule has 1 aliphatic heterocycles. The van der Waals surface area contributed by atoms with Crippen molar-refractivity contribution in [3.63, 3.8) is 0 Å². The molecule has 1 heterocycles. The fourth-order valence-corrected chi connectivity index (χ4v) is 5.16. The van der Waals surface area contributed by atoms with Gasteiger partial charge in [0.25, 0.3) is 15.9 Å². The highest BCUT2D eigenvalue weighted by atomic mass is 32.2. The van der Waals surface area contributed by atoms with E-state index in [1.54, 1.807) is 12.1 Å². The van der Waals surface area contributed by atoms with Crippen molar-refractivity contribution in [1.29, 1.82) is 0 Å². The first kappa shape index (κ1) is 21.8. The lowest BCUT2D eigenvalue weighted by atomic mass is 10.1. The molecule has 7 heteroatoms. The van der Waals surface area contributed by atoms with Gasteiger partial charge in [0.2, 0.25) is 5.91 Å². The number of carbonyl (C=O) groups excluding carboxylic acids is 2. The molecule has 30 heavy (non-hydrogen) atoms. The molecule has 158 valence electrons. The van der Waals surface area contributed by atoms with Gasteiger partial charge in [-0.2, -0.15) is 0 Å². The molecular weight excluding hydrogens is 400 g/mol. The van der Waals surface area contributed by atoms with Crippen LogP contribution < -0.4 is 5.32 Å². The van der Waals surface area contributed by atoms with Crippen LogP contribution in [0.1, 0.15) is 43.0 Å². The molecule has 1 aliphatic rings. The second-order valence-corrected chi connectivity index (χ2v) is 9.07. The number of carbonyl (C=O) groups is 2. The maximum atomic E-state index is 13.0. The standard InChI is InChI=1S/C23H26N2O4S/c1-4-17-6-8-19(9-7-17)14-24-21(26)15-25-23(27)16(3)22(30(25,28)29)20-12-10-18(5-2)11-13-20/h6-13H,4-5,14-15H2,1-3H3,(H,24,26). The Morgan fingerprint density at radius 2 is 1.40 bits per heavy atom. The number of nitrogens with zero attached hydrogens (tertiary/aromatic N) is 1. The van der Waals surface area contributed by atoms with Crippen molar-refractivity contribution in [1.82, 2.24) is 9.62 Å². The van der Waals surface area contributed by atoms with E-state index in [0.717, 1.165) is 24.0 Å².